The van der Waals surface area contributed by atoms with Crippen molar-refractivity contribution >= 4 is 11.7 Å². The summed E-state index contributed by atoms with van der Waals surface area (Å²) in [6.07, 6.45) is 5.53. The van der Waals surface area contributed by atoms with E-state index in [2.05, 4.69) is 9.88 Å². The van der Waals surface area contributed by atoms with E-state index in [0.717, 1.165) is 31.6 Å². The number of carbonyl (C=O) groups excluding carboxylic acids is 1. The third-order valence-electron chi connectivity index (χ3n) is 3.07. The maximum atomic E-state index is 11.7. The summed E-state index contributed by atoms with van der Waals surface area (Å²) in [6, 6.07) is 3.96. The van der Waals surface area contributed by atoms with Crippen LogP contribution in [0.2, 0.25) is 0 Å². The molecule has 4 nitrogen and oxygen atoms in total. The molecule has 2 heterocycles. The Morgan fingerprint density at radius 1 is 1.53 bits per heavy atom. The van der Waals surface area contributed by atoms with Crippen LogP contribution in [0.25, 0.3) is 0 Å². The summed E-state index contributed by atoms with van der Waals surface area (Å²) < 4.78 is 5.09. The first-order chi connectivity index (χ1) is 8.31. The first-order valence-electron chi connectivity index (χ1n) is 6.13. The molecule has 1 aromatic heterocycles. The molecule has 4 heteroatoms. The average molecular weight is 234 g/mol. The average Bonchev–Trinajstić information content (AvgIpc) is 2.40. The van der Waals surface area contributed by atoms with Gasteiger partial charge < -0.3 is 9.64 Å². The van der Waals surface area contributed by atoms with Crippen LogP contribution in [0.15, 0.2) is 24.5 Å². The number of nitrogens with zero attached hydrogens (tertiary/aromatic N) is 2. The van der Waals surface area contributed by atoms with Gasteiger partial charge >= 0.3 is 5.97 Å². The summed E-state index contributed by atoms with van der Waals surface area (Å²) >= 11 is 0. The van der Waals surface area contributed by atoms with E-state index >= 15 is 0 Å². The van der Waals surface area contributed by atoms with Gasteiger partial charge in [0.05, 0.1) is 12.5 Å². The van der Waals surface area contributed by atoms with Gasteiger partial charge in [-0.1, -0.05) is 0 Å². The van der Waals surface area contributed by atoms with E-state index in [1.165, 1.54) is 0 Å². The minimum atomic E-state index is -0.0637. The highest BCUT2D eigenvalue weighted by atomic mass is 16.5. The van der Waals surface area contributed by atoms with E-state index in [1.807, 2.05) is 19.1 Å². The Morgan fingerprint density at radius 3 is 3.00 bits per heavy atom. The Hall–Kier alpha value is -1.58. The molecule has 1 aliphatic rings. The smallest absolute Gasteiger partial charge is 0.310 e. The van der Waals surface area contributed by atoms with Crippen molar-refractivity contribution in [3.8, 4) is 0 Å². The SMILES string of the molecule is CCOC(=O)[C@H]1CCCN(c2ccncc2)C1. The number of aromatic nitrogens is 1. The van der Waals surface area contributed by atoms with Crippen LogP contribution in [0.5, 0.6) is 0 Å². The second-order valence-corrected chi connectivity index (χ2v) is 4.24. The fraction of sp³-hybridized carbons (Fsp3) is 0.538. The maximum absolute atomic E-state index is 11.7. The number of pyridine rings is 1. The standard InChI is InChI=1S/C13H18N2O2/c1-2-17-13(16)11-4-3-9-15(10-11)12-5-7-14-8-6-12/h5-8,11H,2-4,9-10H2,1H3/t11-/m0/s1. The number of hydrogen-bond acceptors (Lipinski definition) is 4. The molecular formula is C13H18N2O2. The molecule has 92 valence electrons. The van der Waals surface area contributed by atoms with Crippen molar-refractivity contribution in [3.63, 3.8) is 0 Å². The molecular weight excluding hydrogens is 216 g/mol. The molecule has 17 heavy (non-hydrogen) atoms. The lowest BCUT2D eigenvalue weighted by molar-refractivity contribution is -0.148. The summed E-state index contributed by atoms with van der Waals surface area (Å²) in [6.45, 7) is 4.06. The van der Waals surface area contributed by atoms with Crippen LogP contribution in [0.1, 0.15) is 19.8 Å². The third kappa shape index (κ3) is 2.96. The van der Waals surface area contributed by atoms with Crippen molar-refractivity contribution in [1.82, 2.24) is 4.98 Å². The molecule has 0 bridgehead atoms. The molecule has 0 N–H and O–H groups in total. The summed E-state index contributed by atoms with van der Waals surface area (Å²) in [5, 5.41) is 0. The molecule has 1 fully saturated rings. The molecule has 0 aliphatic carbocycles. The lowest BCUT2D eigenvalue weighted by Gasteiger charge is -2.33. The second-order valence-electron chi connectivity index (χ2n) is 4.24. The van der Waals surface area contributed by atoms with Gasteiger partial charge in [-0.05, 0) is 31.9 Å². The van der Waals surface area contributed by atoms with Crippen LogP contribution in [-0.2, 0) is 9.53 Å². The van der Waals surface area contributed by atoms with Crippen LogP contribution >= 0.6 is 0 Å². The number of rotatable bonds is 3. The minimum Gasteiger partial charge on any atom is -0.466 e. The van der Waals surface area contributed by atoms with Crippen molar-refractivity contribution in [2.24, 2.45) is 5.92 Å². The quantitative estimate of drug-likeness (QED) is 0.749. The summed E-state index contributed by atoms with van der Waals surface area (Å²) in [7, 11) is 0. The highest BCUT2D eigenvalue weighted by Crippen LogP contribution is 2.23. The van der Waals surface area contributed by atoms with Crippen molar-refractivity contribution in [2.45, 2.75) is 19.8 Å². The molecule has 0 spiro atoms. The molecule has 0 unspecified atom stereocenters. The van der Waals surface area contributed by atoms with Gasteiger partial charge in [0, 0.05) is 31.2 Å². The largest absolute Gasteiger partial charge is 0.466 e. The van der Waals surface area contributed by atoms with Crippen LogP contribution in [0.3, 0.4) is 0 Å². The highest BCUT2D eigenvalue weighted by molar-refractivity contribution is 5.73. The molecule has 0 amide bonds. The summed E-state index contributed by atoms with van der Waals surface area (Å²) in [5.41, 5.74) is 1.13. The molecule has 1 aromatic rings. The monoisotopic (exact) mass is 234 g/mol. The Morgan fingerprint density at radius 2 is 2.29 bits per heavy atom. The first-order valence-corrected chi connectivity index (χ1v) is 6.13. The van der Waals surface area contributed by atoms with E-state index in [-0.39, 0.29) is 11.9 Å². The topological polar surface area (TPSA) is 42.4 Å². The van der Waals surface area contributed by atoms with Crippen LogP contribution < -0.4 is 4.90 Å². The maximum Gasteiger partial charge on any atom is 0.310 e. The minimum absolute atomic E-state index is 0.0110. The van der Waals surface area contributed by atoms with Gasteiger partial charge in [-0.15, -0.1) is 0 Å². The van der Waals surface area contributed by atoms with Crippen molar-refractivity contribution in [3.05, 3.63) is 24.5 Å². The fourth-order valence-electron chi connectivity index (χ4n) is 2.22. The third-order valence-corrected chi connectivity index (χ3v) is 3.07. The Kier molecular flexibility index (Phi) is 3.96. The molecule has 1 atom stereocenters. The number of piperidine rings is 1. The molecule has 0 radical (unpaired) electrons. The number of carbonyl (C=O) groups is 1. The molecule has 0 aromatic carbocycles. The zero-order chi connectivity index (χ0) is 12.1. The Balaban J connectivity index is 2.00. The summed E-state index contributed by atoms with van der Waals surface area (Å²) in [5.74, 6) is -0.0527. The van der Waals surface area contributed by atoms with Crippen LogP contribution in [-0.4, -0.2) is 30.6 Å². The predicted octanol–water partition coefficient (Wildman–Crippen LogP) is 1.86. The van der Waals surface area contributed by atoms with Crippen LogP contribution in [0, 0.1) is 5.92 Å². The van der Waals surface area contributed by atoms with E-state index in [9.17, 15) is 4.79 Å². The van der Waals surface area contributed by atoms with Crippen molar-refractivity contribution in [1.29, 1.82) is 0 Å². The van der Waals surface area contributed by atoms with E-state index in [4.69, 9.17) is 4.74 Å². The molecule has 2 rings (SSSR count). The lowest BCUT2D eigenvalue weighted by atomic mass is 9.98. The first kappa shape index (κ1) is 11.9. The van der Waals surface area contributed by atoms with E-state index in [1.54, 1.807) is 12.4 Å². The number of anilines is 1. The molecule has 1 aliphatic heterocycles. The zero-order valence-corrected chi connectivity index (χ0v) is 10.1. The van der Waals surface area contributed by atoms with E-state index in [0.29, 0.717) is 6.61 Å². The van der Waals surface area contributed by atoms with Crippen LogP contribution in [0.4, 0.5) is 5.69 Å². The Bertz CT molecular complexity index is 367. The highest BCUT2D eigenvalue weighted by Gasteiger charge is 2.26. The number of ether oxygens (including phenoxy) is 1. The van der Waals surface area contributed by atoms with Gasteiger partial charge in [0.1, 0.15) is 0 Å². The summed E-state index contributed by atoms with van der Waals surface area (Å²) in [4.78, 5) is 17.9. The van der Waals surface area contributed by atoms with Gasteiger partial charge in [0.25, 0.3) is 0 Å². The number of hydrogen-bond donors (Lipinski definition) is 0. The zero-order valence-electron chi connectivity index (χ0n) is 10.1. The van der Waals surface area contributed by atoms with Gasteiger partial charge in [0.15, 0.2) is 0 Å². The predicted molar refractivity (Wildman–Crippen MR) is 65.8 cm³/mol. The Labute approximate surface area is 102 Å². The van der Waals surface area contributed by atoms with Gasteiger partial charge in [-0.2, -0.15) is 0 Å². The van der Waals surface area contributed by atoms with Gasteiger partial charge in [-0.3, -0.25) is 9.78 Å². The van der Waals surface area contributed by atoms with E-state index < -0.39 is 0 Å². The lowest BCUT2D eigenvalue weighted by Crippen LogP contribution is -2.39. The fourth-order valence-corrected chi connectivity index (χ4v) is 2.22. The molecule has 0 saturated carbocycles. The van der Waals surface area contributed by atoms with Crippen molar-refractivity contribution < 1.29 is 9.53 Å². The number of esters is 1. The van der Waals surface area contributed by atoms with Gasteiger partial charge in [0.2, 0.25) is 0 Å². The van der Waals surface area contributed by atoms with Crippen molar-refractivity contribution in [2.75, 3.05) is 24.6 Å². The second kappa shape index (κ2) is 5.66. The normalized spacial score (nSPS) is 20.1. The molecule has 1 saturated heterocycles. The van der Waals surface area contributed by atoms with Gasteiger partial charge in [-0.25, -0.2) is 0 Å².